The average molecular weight is 412 g/mol. The topological polar surface area (TPSA) is 61.7 Å². The second-order valence-electron chi connectivity index (χ2n) is 6.72. The molecular formula is C23H25FN2O4. The summed E-state index contributed by atoms with van der Waals surface area (Å²) in [6.45, 7) is 3.00. The molecule has 0 unspecified atom stereocenters. The van der Waals surface area contributed by atoms with Gasteiger partial charge < -0.3 is 24.1 Å². The number of aryl methyl sites for hydroxylation is 1. The van der Waals surface area contributed by atoms with E-state index in [1.54, 1.807) is 38.5 Å². The molecule has 0 aliphatic heterocycles. The summed E-state index contributed by atoms with van der Waals surface area (Å²) in [7, 11) is 4.62. The van der Waals surface area contributed by atoms with Crippen LogP contribution in [0.5, 0.6) is 17.2 Å². The second-order valence-corrected chi connectivity index (χ2v) is 6.72. The van der Waals surface area contributed by atoms with Crippen LogP contribution >= 0.6 is 0 Å². The third-order valence-electron chi connectivity index (χ3n) is 4.82. The molecule has 0 atom stereocenters. The molecule has 1 heterocycles. The third-order valence-corrected chi connectivity index (χ3v) is 4.82. The molecule has 0 aliphatic rings. The van der Waals surface area contributed by atoms with Crippen molar-refractivity contribution in [2.45, 2.75) is 13.5 Å². The van der Waals surface area contributed by atoms with Gasteiger partial charge in [0.05, 0.1) is 21.3 Å². The summed E-state index contributed by atoms with van der Waals surface area (Å²) in [4.78, 5) is 12.2. The number of hydrogen-bond acceptors (Lipinski definition) is 4. The predicted octanol–water partition coefficient (Wildman–Crippen LogP) is 3.94. The zero-order valence-corrected chi connectivity index (χ0v) is 17.5. The first-order valence-corrected chi connectivity index (χ1v) is 9.48. The van der Waals surface area contributed by atoms with Crippen molar-refractivity contribution >= 4 is 22.9 Å². The molecule has 0 radical (unpaired) electrons. The highest BCUT2D eigenvalue weighted by Gasteiger charge is 2.12. The zero-order chi connectivity index (χ0) is 21.7. The van der Waals surface area contributed by atoms with Crippen LogP contribution in [0.1, 0.15) is 11.3 Å². The Hall–Kier alpha value is -3.48. The van der Waals surface area contributed by atoms with Crippen molar-refractivity contribution in [3.05, 3.63) is 59.5 Å². The molecule has 1 aromatic heterocycles. The number of fused-ring (bicyclic) bond motifs is 1. The standard InChI is InChI=1S/C23H25FN2O4/c1-15-11-17-14-18(24)6-7-19(17)26(15)10-9-25-22(27)8-5-16-12-20(28-2)23(30-4)21(13-16)29-3/h5-8,11-14H,9-10H2,1-4H3,(H,25,27)/b8-5-. The molecule has 158 valence electrons. The van der Waals surface area contributed by atoms with Crippen molar-refractivity contribution in [2.24, 2.45) is 0 Å². The Balaban J connectivity index is 1.64. The van der Waals surface area contributed by atoms with E-state index in [0.29, 0.717) is 30.3 Å². The van der Waals surface area contributed by atoms with Gasteiger partial charge in [-0.1, -0.05) is 0 Å². The number of nitrogens with one attached hydrogen (secondary N) is 1. The number of amides is 1. The molecule has 1 N–H and O–H groups in total. The predicted molar refractivity (Wildman–Crippen MR) is 115 cm³/mol. The van der Waals surface area contributed by atoms with E-state index >= 15 is 0 Å². The second kappa shape index (κ2) is 9.35. The van der Waals surface area contributed by atoms with E-state index in [1.807, 2.05) is 13.0 Å². The summed E-state index contributed by atoms with van der Waals surface area (Å²) in [5.41, 5.74) is 2.70. The summed E-state index contributed by atoms with van der Waals surface area (Å²) in [5.74, 6) is 1.05. The fourth-order valence-electron chi connectivity index (χ4n) is 3.40. The van der Waals surface area contributed by atoms with Gasteiger partial charge in [0.15, 0.2) is 11.5 Å². The van der Waals surface area contributed by atoms with Crippen LogP contribution in [-0.4, -0.2) is 38.3 Å². The van der Waals surface area contributed by atoms with E-state index in [1.165, 1.54) is 25.3 Å². The molecule has 0 fully saturated rings. The number of methoxy groups -OCH3 is 3. The van der Waals surface area contributed by atoms with Gasteiger partial charge >= 0.3 is 0 Å². The maximum absolute atomic E-state index is 13.4. The Morgan fingerprint density at radius 2 is 1.77 bits per heavy atom. The van der Waals surface area contributed by atoms with E-state index < -0.39 is 0 Å². The number of carbonyl (C=O) groups excluding carboxylic acids is 1. The lowest BCUT2D eigenvalue weighted by Gasteiger charge is -2.12. The van der Waals surface area contributed by atoms with E-state index in [2.05, 4.69) is 9.88 Å². The number of hydrogen-bond donors (Lipinski definition) is 1. The lowest BCUT2D eigenvalue weighted by atomic mass is 10.1. The first kappa shape index (κ1) is 21.2. The smallest absolute Gasteiger partial charge is 0.244 e. The molecule has 0 saturated carbocycles. The summed E-state index contributed by atoms with van der Waals surface area (Å²) >= 11 is 0. The Kier molecular flexibility index (Phi) is 6.61. The molecule has 2 aromatic carbocycles. The number of halogens is 1. The SMILES string of the molecule is COc1cc(/C=C\C(=O)NCCn2c(C)cc3cc(F)ccc32)cc(OC)c1OC. The van der Waals surface area contributed by atoms with Crippen molar-refractivity contribution in [3.63, 3.8) is 0 Å². The maximum Gasteiger partial charge on any atom is 0.244 e. The van der Waals surface area contributed by atoms with Crippen molar-refractivity contribution in [3.8, 4) is 17.2 Å². The Labute approximate surface area is 174 Å². The quantitative estimate of drug-likeness (QED) is 0.569. The highest BCUT2D eigenvalue weighted by Crippen LogP contribution is 2.38. The van der Waals surface area contributed by atoms with Gasteiger partial charge in [-0.05, 0) is 55.0 Å². The molecule has 3 aromatic rings. The lowest BCUT2D eigenvalue weighted by molar-refractivity contribution is -0.116. The number of nitrogens with zero attached hydrogens (tertiary/aromatic N) is 1. The van der Waals surface area contributed by atoms with Gasteiger partial charge in [-0.15, -0.1) is 0 Å². The molecule has 30 heavy (non-hydrogen) atoms. The molecule has 1 amide bonds. The van der Waals surface area contributed by atoms with E-state index in [9.17, 15) is 9.18 Å². The van der Waals surface area contributed by atoms with Crippen LogP contribution in [-0.2, 0) is 11.3 Å². The molecular weight excluding hydrogens is 387 g/mol. The van der Waals surface area contributed by atoms with Crippen LogP contribution in [0.15, 0.2) is 42.5 Å². The van der Waals surface area contributed by atoms with Gasteiger partial charge in [0.1, 0.15) is 5.82 Å². The van der Waals surface area contributed by atoms with Crippen molar-refractivity contribution < 1.29 is 23.4 Å². The van der Waals surface area contributed by atoms with Crippen LogP contribution in [0, 0.1) is 12.7 Å². The fourth-order valence-corrected chi connectivity index (χ4v) is 3.40. The Morgan fingerprint density at radius 3 is 2.40 bits per heavy atom. The fraction of sp³-hybridized carbons (Fsp3) is 0.261. The summed E-state index contributed by atoms with van der Waals surface area (Å²) in [6, 6.07) is 10.2. The number of ether oxygens (including phenoxy) is 3. The lowest BCUT2D eigenvalue weighted by Crippen LogP contribution is -2.25. The number of aromatic nitrogens is 1. The number of rotatable bonds is 8. The minimum atomic E-state index is -0.259. The van der Waals surface area contributed by atoms with Gasteiger partial charge in [0.25, 0.3) is 0 Å². The van der Waals surface area contributed by atoms with Gasteiger partial charge in [-0.3, -0.25) is 4.79 Å². The highest BCUT2D eigenvalue weighted by atomic mass is 19.1. The zero-order valence-electron chi connectivity index (χ0n) is 17.5. The normalized spacial score (nSPS) is 11.1. The molecule has 0 aliphatic carbocycles. The van der Waals surface area contributed by atoms with Crippen LogP contribution in [0.25, 0.3) is 17.0 Å². The molecule has 0 spiro atoms. The van der Waals surface area contributed by atoms with E-state index in [4.69, 9.17) is 14.2 Å². The van der Waals surface area contributed by atoms with Crippen molar-refractivity contribution in [2.75, 3.05) is 27.9 Å². The Bertz CT molecular complexity index is 1060. The molecule has 7 heteroatoms. The minimum absolute atomic E-state index is 0.219. The largest absolute Gasteiger partial charge is 0.493 e. The van der Waals surface area contributed by atoms with Gasteiger partial charge in [0.2, 0.25) is 11.7 Å². The number of benzene rings is 2. The van der Waals surface area contributed by atoms with Gasteiger partial charge in [0, 0.05) is 35.8 Å². The first-order chi connectivity index (χ1) is 14.5. The van der Waals surface area contributed by atoms with Crippen molar-refractivity contribution in [1.82, 2.24) is 9.88 Å². The average Bonchev–Trinajstić information content (AvgIpc) is 3.05. The third kappa shape index (κ3) is 4.56. The molecule has 0 bridgehead atoms. The van der Waals surface area contributed by atoms with Gasteiger partial charge in [-0.2, -0.15) is 0 Å². The molecule has 6 nitrogen and oxygen atoms in total. The van der Waals surface area contributed by atoms with E-state index in [0.717, 1.165) is 22.2 Å². The molecule has 0 saturated heterocycles. The summed E-state index contributed by atoms with van der Waals surface area (Å²) in [6.07, 6.45) is 3.13. The van der Waals surface area contributed by atoms with Crippen LogP contribution in [0.4, 0.5) is 4.39 Å². The van der Waals surface area contributed by atoms with Crippen LogP contribution in [0.2, 0.25) is 0 Å². The van der Waals surface area contributed by atoms with E-state index in [-0.39, 0.29) is 11.7 Å². The van der Waals surface area contributed by atoms with Gasteiger partial charge in [-0.25, -0.2) is 4.39 Å². The first-order valence-electron chi connectivity index (χ1n) is 9.48. The summed E-state index contributed by atoms with van der Waals surface area (Å²) < 4.78 is 31.4. The van der Waals surface area contributed by atoms with Crippen LogP contribution < -0.4 is 19.5 Å². The minimum Gasteiger partial charge on any atom is -0.493 e. The molecule has 3 rings (SSSR count). The highest BCUT2D eigenvalue weighted by molar-refractivity contribution is 5.92. The number of carbonyl (C=O) groups is 1. The Morgan fingerprint density at radius 1 is 1.07 bits per heavy atom. The maximum atomic E-state index is 13.4. The monoisotopic (exact) mass is 412 g/mol. The van der Waals surface area contributed by atoms with Crippen LogP contribution in [0.3, 0.4) is 0 Å². The van der Waals surface area contributed by atoms with Crippen molar-refractivity contribution in [1.29, 1.82) is 0 Å². The summed E-state index contributed by atoms with van der Waals surface area (Å²) in [5, 5.41) is 3.71.